The van der Waals surface area contributed by atoms with Crippen LogP contribution in [0.2, 0.25) is 0 Å². The van der Waals surface area contributed by atoms with Gasteiger partial charge in [-0.05, 0) is 30.0 Å². The molecule has 0 bridgehead atoms. The van der Waals surface area contributed by atoms with Crippen LogP contribution in [-0.2, 0) is 12.7 Å². The van der Waals surface area contributed by atoms with Gasteiger partial charge in [-0.3, -0.25) is 0 Å². The van der Waals surface area contributed by atoms with Crippen molar-refractivity contribution in [1.82, 2.24) is 0 Å². The molecular formula is C14H19F3N2O. The van der Waals surface area contributed by atoms with Crippen LogP contribution in [0, 0.1) is 5.92 Å². The van der Waals surface area contributed by atoms with E-state index >= 15 is 0 Å². The molecule has 0 radical (unpaired) electrons. The maximum absolute atomic E-state index is 13.2. The number of hydrogen-bond donors (Lipinski definition) is 2. The molecule has 112 valence electrons. The minimum Gasteiger partial charge on any atom is -0.391 e. The molecule has 6 heteroatoms. The lowest BCUT2D eigenvalue weighted by Gasteiger charge is -2.37. The first-order valence-corrected chi connectivity index (χ1v) is 6.66. The number of alkyl halides is 3. The van der Waals surface area contributed by atoms with Gasteiger partial charge < -0.3 is 15.7 Å². The van der Waals surface area contributed by atoms with E-state index in [-0.39, 0.29) is 24.7 Å². The first kappa shape index (κ1) is 15.1. The molecule has 0 amide bonds. The van der Waals surface area contributed by atoms with Crippen LogP contribution in [-0.4, -0.2) is 24.3 Å². The summed E-state index contributed by atoms with van der Waals surface area (Å²) in [7, 11) is 0. The number of nitrogens with two attached hydrogens (primary N) is 1. The third-order valence-electron chi connectivity index (χ3n) is 3.86. The van der Waals surface area contributed by atoms with E-state index in [1.54, 1.807) is 11.0 Å². The Morgan fingerprint density at radius 1 is 1.40 bits per heavy atom. The SMILES string of the molecule is CC1CCN(c2ccc(CN)cc2C(F)(F)F)CC1O. The zero-order valence-electron chi connectivity index (χ0n) is 11.3. The highest BCUT2D eigenvalue weighted by atomic mass is 19.4. The fourth-order valence-electron chi connectivity index (χ4n) is 2.48. The van der Waals surface area contributed by atoms with Crippen LogP contribution in [0.15, 0.2) is 18.2 Å². The highest BCUT2D eigenvalue weighted by Gasteiger charge is 2.36. The van der Waals surface area contributed by atoms with Gasteiger partial charge in [-0.25, -0.2) is 0 Å². The molecule has 2 rings (SSSR count). The van der Waals surface area contributed by atoms with Gasteiger partial charge in [0.15, 0.2) is 0 Å². The molecular weight excluding hydrogens is 269 g/mol. The zero-order chi connectivity index (χ0) is 14.9. The topological polar surface area (TPSA) is 49.5 Å². The van der Waals surface area contributed by atoms with E-state index in [2.05, 4.69) is 0 Å². The monoisotopic (exact) mass is 288 g/mol. The first-order valence-electron chi connectivity index (χ1n) is 6.66. The van der Waals surface area contributed by atoms with Crippen molar-refractivity contribution in [2.75, 3.05) is 18.0 Å². The molecule has 20 heavy (non-hydrogen) atoms. The Balaban J connectivity index is 2.36. The van der Waals surface area contributed by atoms with Gasteiger partial charge in [-0.15, -0.1) is 0 Å². The Morgan fingerprint density at radius 3 is 2.65 bits per heavy atom. The summed E-state index contributed by atoms with van der Waals surface area (Å²) in [6.45, 7) is 2.72. The average molecular weight is 288 g/mol. The Morgan fingerprint density at radius 2 is 2.10 bits per heavy atom. The van der Waals surface area contributed by atoms with E-state index in [0.29, 0.717) is 18.5 Å². The molecule has 0 aromatic heterocycles. The molecule has 2 atom stereocenters. The summed E-state index contributed by atoms with van der Waals surface area (Å²) in [6, 6.07) is 4.16. The summed E-state index contributed by atoms with van der Waals surface area (Å²) in [6.07, 6.45) is -4.34. The molecule has 3 N–H and O–H groups in total. The van der Waals surface area contributed by atoms with Crippen molar-refractivity contribution >= 4 is 5.69 Å². The van der Waals surface area contributed by atoms with E-state index in [0.717, 1.165) is 6.07 Å². The summed E-state index contributed by atoms with van der Waals surface area (Å²) >= 11 is 0. The minimum atomic E-state index is -4.42. The summed E-state index contributed by atoms with van der Waals surface area (Å²) in [5.74, 6) is 0.115. The second-order valence-electron chi connectivity index (χ2n) is 5.33. The Bertz CT molecular complexity index is 476. The number of aliphatic hydroxyl groups excluding tert-OH is 1. The Labute approximate surface area is 116 Å². The van der Waals surface area contributed by atoms with Crippen LogP contribution in [0.1, 0.15) is 24.5 Å². The lowest BCUT2D eigenvalue weighted by molar-refractivity contribution is -0.137. The number of nitrogens with zero attached hydrogens (tertiary/aromatic N) is 1. The normalized spacial score (nSPS) is 24.0. The fourth-order valence-corrected chi connectivity index (χ4v) is 2.48. The van der Waals surface area contributed by atoms with Crippen LogP contribution in [0.4, 0.5) is 18.9 Å². The lowest BCUT2D eigenvalue weighted by Crippen LogP contribution is -2.43. The number of benzene rings is 1. The van der Waals surface area contributed by atoms with Gasteiger partial charge >= 0.3 is 6.18 Å². The molecule has 0 saturated carbocycles. The minimum absolute atomic E-state index is 0.0724. The van der Waals surface area contributed by atoms with Gasteiger partial charge in [-0.2, -0.15) is 13.2 Å². The van der Waals surface area contributed by atoms with Crippen molar-refractivity contribution in [3.8, 4) is 0 Å². The van der Waals surface area contributed by atoms with E-state index < -0.39 is 17.8 Å². The standard InChI is InChI=1S/C14H19F3N2O/c1-9-4-5-19(8-13(9)20)12-3-2-10(7-18)6-11(12)14(15,16)17/h2-3,6,9,13,20H,4-5,7-8,18H2,1H3. The molecule has 0 aliphatic carbocycles. The van der Waals surface area contributed by atoms with Crippen molar-refractivity contribution in [3.63, 3.8) is 0 Å². The number of halogens is 3. The molecule has 2 unspecified atom stereocenters. The number of anilines is 1. The fraction of sp³-hybridized carbons (Fsp3) is 0.571. The Hall–Kier alpha value is -1.27. The van der Waals surface area contributed by atoms with Gasteiger partial charge in [0.2, 0.25) is 0 Å². The zero-order valence-corrected chi connectivity index (χ0v) is 11.3. The molecule has 1 fully saturated rings. The predicted octanol–water partition coefficient (Wildman–Crippen LogP) is 2.37. The van der Waals surface area contributed by atoms with Crippen LogP contribution < -0.4 is 10.6 Å². The Kier molecular flexibility index (Phi) is 4.25. The third kappa shape index (κ3) is 3.07. The highest BCUT2D eigenvalue weighted by Crippen LogP contribution is 2.38. The first-order chi connectivity index (χ1) is 9.32. The third-order valence-corrected chi connectivity index (χ3v) is 3.86. The van der Waals surface area contributed by atoms with Crippen molar-refractivity contribution in [1.29, 1.82) is 0 Å². The van der Waals surface area contributed by atoms with Gasteiger partial charge in [-0.1, -0.05) is 13.0 Å². The summed E-state index contributed by atoms with van der Waals surface area (Å²) in [4.78, 5) is 1.60. The van der Waals surface area contributed by atoms with Gasteiger partial charge in [0.1, 0.15) is 0 Å². The van der Waals surface area contributed by atoms with Crippen molar-refractivity contribution in [2.24, 2.45) is 11.7 Å². The van der Waals surface area contributed by atoms with Gasteiger partial charge in [0.25, 0.3) is 0 Å². The molecule has 1 aromatic rings. The second-order valence-corrected chi connectivity index (χ2v) is 5.33. The quantitative estimate of drug-likeness (QED) is 0.878. The van der Waals surface area contributed by atoms with Crippen LogP contribution in [0.3, 0.4) is 0 Å². The maximum atomic E-state index is 13.2. The average Bonchev–Trinajstić information content (AvgIpc) is 2.40. The molecule has 1 aliphatic rings. The molecule has 1 aromatic carbocycles. The largest absolute Gasteiger partial charge is 0.418 e. The van der Waals surface area contributed by atoms with Crippen LogP contribution in [0.25, 0.3) is 0 Å². The molecule has 3 nitrogen and oxygen atoms in total. The number of β-amino-alcohol motifs (C(OH)–C–C–N with tert-alkyl or cyclic N) is 1. The predicted molar refractivity (Wildman–Crippen MR) is 71.3 cm³/mol. The van der Waals surface area contributed by atoms with E-state index in [4.69, 9.17) is 5.73 Å². The van der Waals surface area contributed by atoms with Crippen molar-refractivity contribution in [3.05, 3.63) is 29.3 Å². The van der Waals surface area contributed by atoms with Crippen molar-refractivity contribution in [2.45, 2.75) is 32.2 Å². The molecule has 1 aliphatic heterocycles. The van der Waals surface area contributed by atoms with Crippen LogP contribution in [0.5, 0.6) is 0 Å². The number of rotatable bonds is 2. The highest BCUT2D eigenvalue weighted by molar-refractivity contribution is 5.57. The van der Waals surface area contributed by atoms with E-state index in [1.807, 2.05) is 6.92 Å². The maximum Gasteiger partial charge on any atom is 0.418 e. The number of aliphatic hydroxyl groups is 1. The second kappa shape index (κ2) is 5.61. The summed E-state index contributed by atoms with van der Waals surface area (Å²) in [5.41, 5.74) is 5.31. The van der Waals surface area contributed by atoms with Crippen molar-refractivity contribution < 1.29 is 18.3 Å². The number of piperidine rings is 1. The van der Waals surface area contributed by atoms with Gasteiger partial charge in [0, 0.05) is 25.3 Å². The van der Waals surface area contributed by atoms with Crippen LogP contribution >= 0.6 is 0 Å². The summed E-state index contributed by atoms with van der Waals surface area (Å²) in [5, 5.41) is 9.86. The summed E-state index contributed by atoms with van der Waals surface area (Å²) < 4.78 is 39.5. The lowest BCUT2D eigenvalue weighted by atomic mass is 9.95. The smallest absolute Gasteiger partial charge is 0.391 e. The molecule has 1 saturated heterocycles. The van der Waals surface area contributed by atoms with Gasteiger partial charge in [0.05, 0.1) is 11.7 Å². The number of hydrogen-bond acceptors (Lipinski definition) is 3. The van der Waals surface area contributed by atoms with E-state index in [9.17, 15) is 18.3 Å². The molecule has 0 spiro atoms. The molecule has 1 heterocycles. The van der Waals surface area contributed by atoms with E-state index in [1.165, 1.54) is 6.07 Å².